The summed E-state index contributed by atoms with van der Waals surface area (Å²) in [5, 5.41) is 11.4. The summed E-state index contributed by atoms with van der Waals surface area (Å²) in [5.74, 6) is 0. The molecule has 0 spiro atoms. The average Bonchev–Trinajstić information content (AvgIpc) is 2.15. The minimum absolute atomic E-state index is 0.408. The molecule has 0 unspecified atom stereocenters. The van der Waals surface area contributed by atoms with Crippen LogP contribution in [0, 0.1) is 24.0 Å². The monoisotopic (exact) mass is 190 g/mol. The third-order valence-electron chi connectivity index (χ3n) is 2.40. The quantitative estimate of drug-likeness (QED) is 0.591. The number of hydrogen-bond donors (Lipinski definition) is 0. The van der Waals surface area contributed by atoms with Crippen LogP contribution in [0.2, 0.25) is 0 Å². The molecule has 0 aliphatic heterocycles. The highest BCUT2D eigenvalue weighted by molar-refractivity contribution is 5.73. The third kappa shape index (κ3) is 1.16. The van der Waals surface area contributed by atoms with Crippen LogP contribution in [0.15, 0.2) is 24.5 Å². The van der Waals surface area contributed by atoms with Crippen molar-refractivity contribution in [1.82, 2.24) is 4.73 Å². The molecule has 2 rings (SSSR count). The number of aryl methyl sites for hydroxylation is 2. The summed E-state index contributed by atoms with van der Waals surface area (Å²) in [4.78, 5) is 11.4. The molecule has 0 aliphatic rings. The molecule has 0 bridgehead atoms. The molecule has 0 N–H and O–H groups in total. The molecule has 14 heavy (non-hydrogen) atoms. The van der Waals surface area contributed by atoms with Crippen LogP contribution in [-0.4, -0.2) is 4.73 Å². The van der Waals surface area contributed by atoms with Crippen molar-refractivity contribution in [3.8, 4) is 0 Å². The van der Waals surface area contributed by atoms with E-state index in [4.69, 9.17) is 0 Å². The topological polar surface area (TPSA) is 51.0 Å². The van der Waals surface area contributed by atoms with Gasteiger partial charge in [-0.15, -0.1) is 0 Å². The predicted molar refractivity (Wildman–Crippen MR) is 53.5 cm³/mol. The fraction of sp³-hybridized carbons (Fsp3) is 0.200. The molecule has 72 valence electrons. The number of nitrogens with zero attached hydrogens (tertiary/aromatic N) is 2. The van der Waals surface area contributed by atoms with Crippen LogP contribution >= 0.6 is 0 Å². The minimum Gasteiger partial charge on any atom is -0.805 e. The Hall–Kier alpha value is -1.84. The van der Waals surface area contributed by atoms with E-state index in [-0.39, 0.29) is 0 Å². The van der Waals surface area contributed by atoms with Crippen LogP contribution in [0.25, 0.3) is 11.0 Å². The maximum atomic E-state index is 11.4. The van der Waals surface area contributed by atoms with Gasteiger partial charge < -0.3 is 9.94 Å². The Balaban J connectivity index is 3.02. The normalized spacial score (nSPS) is 10.7. The maximum absolute atomic E-state index is 11.4. The van der Waals surface area contributed by atoms with Gasteiger partial charge in [-0.1, -0.05) is 0 Å². The molecule has 0 saturated heterocycles. The zero-order valence-corrected chi connectivity index (χ0v) is 8.02. The lowest BCUT2D eigenvalue weighted by Crippen LogP contribution is -2.16. The van der Waals surface area contributed by atoms with Crippen LogP contribution in [0.5, 0.6) is 0 Å². The summed E-state index contributed by atoms with van der Waals surface area (Å²) in [5.41, 5.74) is 2.83. The zero-order chi connectivity index (χ0) is 10.3. The van der Waals surface area contributed by atoms with Crippen molar-refractivity contribution in [2.75, 3.05) is 0 Å². The summed E-state index contributed by atoms with van der Waals surface area (Å²) < 4.78 is 1.41. The van der Waals surface area contributed by atoms with Gasteiger partial charge in [0.05, 0.1) is 10.6 Å². The molecule has 1 aromatic heterocycles. The van der Waals surface area contributed by atoms with E-state index in [2.05, 4.69) is 0 Å². The Labute approximate surface area is 80.6 Å². The first kappa shape index (κ1) is 8.74. The van der Waals surface area contributed by atoms with Crippen molar-refractivity contribution >= 4 is 11.0 Å². The number of rotatable bonds is 0. The summed E-state index contributed by atoms with van der Waals surface area (Å²) >= 11 is 0. The predicted octanol–water partition coefficient (Wildman–Crippen LogP) is 1.52. The van der Waals surface area contributed by atoms with Crippen LogP contribution in [0.1, 0.15) is 11.1 Å². The molecule has 0 aliphatic carbocycles. The molecule has 2 aromatic rings. The molecule has 0 fully saturated rings. The highest BCUT2D eigenvalue weighted by atomic mass is 16.5. The van der Waals surface area contributed by atoms with Crippen LogP contribution in [0.3, 0.4) is 0 Å². The van der Waals surface area contributed by atoms with Crippen molar-refractivity contribution in [3.05, 3.63) is 45.8 Å². The molecule has 4 heteroatoms. The molecule has 0 saturated carbocycles. The van der Waals surface area contributed by atoms with Gasteiger partial charge in [0.15, 0.2) is 0 Å². The van der Waals surface area contributed by atoms with Gasteiger partial charge in [0.25, 0.3) is 5.52 Å². The molecule has 0 atom stereocenters. The van der Waals surface area contributed by atoms with E-state index in [1.54, 1.807) is 12.1 Å². The summed E-state index contributed by atoms with van der Waals surface area (Å²) in [6.45, 7) is 3.83. The number of aromatic nitrogens is 2. The SMILES string of the molecule is Cc1cc2c(cc1C)[n+](=O)ccn2[O-]. The second-order valence-electron chi connectivity index (χ2n) is 3.37. The Morgan fingerprint density at radius 3 is 2.64 bits per heavy atom. The van der Waals surface area contributed by atoms with Gasteiger partial charge in [-0.05, 0) is 31.0 Å². The average molecular weight is 190 g/mol. The fourth-order valence-electron chi connectivity index (χ4n) is 1.42. The smallest absolute Gasteiger partial charge is 0.286 e. The fourth-order valence-corrected chi connectivity index (χ4v) is 1.42. The van der Waals surface area contributed by atoms with Crippen molar-refractivity contribution in [1.29, 1.82) is 0 Å². The Bertz CT molecular complexity index is 558. The second kappa shape index (κ2) is 2.83. The van der Waals surface area contributed by atoms with Gasteiger partial charge in [0, 0.05) is 11.0 Å². The van der Waals surface area contributed by atoms with E-state index >= 15 is 0 Å². The number of hydrogen-bond acceptors (Lipinski definition) is 2. The summed E-state index contributed by atoms with van der Waals surface area (Å²) in [7, 11) is 0. The molecule has 0 amide bonds. The van der Waals surface area contributed by atoms with E-state index in [1.807, 2.05) is 13.8 Å². The van der Waals surface area contributed by atoms with E-state index in [0.717, 1.165) is 11.1 Å². The van der Waals surface area contributed by atoms with Gasteiger partial charge >= 0.3 is 0 Å². The first-order chi connectivity index (χ1) is 6.59. The van der Waals surface area contributed by atoms with Crippen molar-refractivity contribution < 1.29 is 4.43 Å². The van der Waals surface area contributed by atoms with Crippen LogP contribution in [-0.2, 0) is 0 Å². The zero-order valence-electron chi connectivity index (χ0n) is 8.02. The lowest BCUT2D eigenvalue weighted by Gasteiger charge is -2.10. The highest BCUT2D eigenvalue weighted by Crippen LogP contribution is 2.14. The first-order valence-electron chi connectivity index (χ1n) is 4.32. The van der Waals surface area contributed by atoms with Crippen molar-refractivity contribution in [2.24, 2.45) is 0 Å². The van der Waals surface area contributed by atoms with Crippen molar-refractivity contribution in [3.63, 3.8) is 0 Å². The van der Waals surface area contributed by atoms with E-state index in [1.165, 1.54) is 12.4 Å². The lowest BCUT2D eigenvalue weighted by molar-refractivity contribution is -0.464. The van der Waals surface area contributed by atoms with Gasteiger partial charge in [-0.2, -0.15) is 0 Å². The molecule has 1 aromatic carbocycles. The largest absolute Gasteiger partial charge is 0.805 e. The second-order valence-corrected chi connectivity index (χ2v) is 3.37. The molecular formula is C10H10N2O2. The Morgan fingerprint density at radius 2 is 1.93 bits per heavy atom. The number of fused-ring (bicyclic) bond motifs is 1. The minimum atomic E-state index is 0.408. The molecular weight excluding hydrogens is 180 g/mol. The summed E-state index contributed by atoms with van der Waals surface area (Å²) in [6, 6.07) is 3.46. The Kier molecular flexibility index (Phi) is 1.77. The van der Waals surface area contributed by atoms with Gasteiger partial charge in [-0.25, -0.2) is 0 Å². The van der Waals surface area contributed by atoms with E-state index < -0.39 is 0 Å². The lowest BCUT2D eigenvalue weighted by atomic mass is 10.1. The maximum Gasteiger partial charge on any atom is 0.286 e. The molecule has 1 heterocycles. The van der Waals surface area contributed by atoms with Crippen LogP contribution in [0.4, 0.5) is 0 Å². The summed E-state index contributed by atoms with van der Waals surface area (Å²) in [6.07, 6.45) is 2.42. The van der Waals surface area contributed by atoms with E-state index in [0.29, 0.717) is 20.2 Å². The third-order valence-corrected chi connectivity index (χ3v) is 2.40. The Morgan fingerprint density at radius 1 is 1.29 bits per heavy atom. The van der Waals surface area contributed by atoms with Gasteiger partial charge in [0.2, 0.25) is 6.20 Å². The van der Waals surface area contributed by atoms with Gasteiger partial charge in [-0.3, -0.25) is 0 Å². The van der Waals surface area contributed by atoms with Crippen molar-refractivity contribution in [2.45, 2.75) is 13.8 Å². The first-order valence-corrected chi connectivity index (χ1v) is 4.32. The van der Waals surface area contributed by atoms with Crippen LogP contribution < -0.4 is 4.43 Å². The molecule has 4 nitrogen and oxygen atoms in total. The van der Waals surface area contributed by atoms with E-state index in [9.17, 15) is 10.1 Å². The molecule has 0 radical (unpaired) electrons. The standard InChI is InChI=1S/C10H10N2O2/c1-7-5-9-10(6-8(7)2)12(14)4-3-11(9)13/h3-6H,1-2H3. The highest BCUT2D eigenvalue weighted by Gasteiger charge is 2.08. The number of benzene rings is 1. The van der Waals surface area contributed by atoms with Gasteiger partial charge in [0.1, 0.15) is 5.52 Å².